The molecule has 0 fully saturated rings. The topological polar surface area (TPSA) is 84.9 Å². The fourth-order valence-electron chi connectivity index (χ4n) is 3.20. The van der Waals surface area contributed by atoms with Crippen molar-refractivity contribution in [2.75, 3.05) is 30.8 Å². The van der Waals surface area contributed by atoms with Gasteiger partial charge in [0, 0.05) is 6.07 Å². The number of benzene rings is 2. The van der Waals surface area contributed by atoms with Crippen LogP contribution in [-0.2, 0) is 14.8 Å². The summed E-state index contributed by atoms with van der Waals surface area (Å²) in [5.41, 5.74) is 2.29. The van der Waals surface area contributed by atoms with E-state index in [0.29, 0.717) is 24.5 Å². The smallest absolute Gasteiger partial charge is 0.241 e. The van der Waals surface area contributed by atoms with Gasteiger partial charge in [0.15, 0.2) is 0 Å². The molecular formula is C22H30N2O5S. The van der Waals surface area contributed by atoms with Gasteiger partial charge >= 0.3 is 0 Å². The lowest BCUT2D eigenvalue weighted by atomic mass is 10.0. The zero-order valence-electron chi connectivity index (χ0n) is 18.1. The van der Waals surface area contributed by atoms with Crippen molar-refractivity contribution in [1.82, 2.24) is 5.32 Å². The number of hydrogen-bond donors (Lipinski definition) is 1. The summed E-state index contributed by atoms with van der Waals surface area (Å²) in [6.45, 7) is 5.89. The molecule has 2 aromatic rings. The highest BCUT2D eigenvalue weighted by Crippen LogP contribution is 2.25. The predicted molar refractivity (Wildman–Crippen MR) is 119 cm³/mol. The molecule has 1 N–H and O–H groups in total. The lowest BCUT2D eigenvalue weighted by molar-refractivity contribution is -0.120. The molecule has 0 spiro atoms. The lowest BCUT2D eigenvalue weighted by Crippen LogP contribution is -2.41. The predicted octanol–water partition coefficient (Wildman–Crippen LogP) is 3.44. The molecule has 8 heteroatoms. The Morgan fingerprint density at radius 2 is 1.90 bits per heavy atom. The summed E-state index contributed by atoms with van der Waals surface area (Å²) in [6, 6.07) is 12.2. The van der Waals surface area contributed by atoms with E-state index >= 15 is 0 Å². The lowest BCUT2D eigenvalue weighted by Gasteiger charge is -2.24. The van der Waals surface area contributed by atoms with Crippen molar-refractivity contribution in [2.24, 2.45) is 0 Å². The van der Waals surface area contributed by atoms with Gasteiger partial charge in [-0.3, -0.25) is 9.10 Å². The van der Waals surface area contributed by atoms with Gasteiger partial charge in [-0.1, -0.05) is 25.1 Å². The molecule has 1 amide bonds. The first-order valence-corrected chi connectivity index (χ1v) is 11.7. The zero-order valence-corrected chi connectivity index (χ0v) is 19.0. The van der Waals surface area contributed by atoms with Crippen LogP contribution >= 0.6 is 0 Å². The number of ether oxygens (including phenoxy) is 2. The maximum absolute atomic E-state index is 12.8. The monoisotopic (exact) mass is 434 g/mol. The summed E-state index contributed by atoms with van der Waals surface area (Å²) >= 11 is 0. The fraction of sp³-hybridized carbons (Fsp3) is 0.409. The molecule has 0 aliphatic heterocycles. The summed E-state index contributed by atoms with van der Waals surface area (Å²) in [5, 5.41) is 2.94. The molecule has 0 unspecified atom stereocenters. The van der Waals surface area contributed by atoms with Gasteiger partial charge < -0.3 is 14.8 Å². The van der Waals surface area contributed by atoms with Crippen molar-refractivity contribution < 1.29 is 22.7 Å². The van der Waals surface area contributed by atoms with E-state index in [1.54, 1.807) is 31.4 Å². The Morgan fingerprint density at radius 3 is 2.47 bits per heavy atom. The van der Waals surface area contributed by atoms with Gasteiger partial charge in [0.25, 0.3) is 0 Å². The van der Waals surface area contributed by atoms with E-state index in [9.17, 15) is 13.2 Å². The first-order valence-electron chi connectivity index (χ1n) is 9.84. The molecule has 0 aliphatic carbocycles. The zero-order chi connectivity index (χ0) is 22.3. The molecule has 1 atom stereocenters. The highest BCUT2D eigenvalue weighted by atomic mass is 32.2. The normalized spacial score (nSPS) is 12.2. The Kier molecular flexibility index (Phi) is 8.11. The number of nitrogens with one attached hydrogen (secondary N) is 1. The van der Waals surface area contributed by atoms with Crippen LogP contribution in [-0.4, -0.2) is 40.8 Å². The van der Waals surface area contributed by atoms with Gasteiger partial charge in [-0.05, 0) is 49.6 Å². The Hall–Kier alpha value is -2.74. The Balaban J connectivity index is 2.21. The van der Waals surface area contributed by atoms with Gasteiger partial charge in [-0.2, -0.15) is 0 Å². The van der Waals surface area contributed by atoms with Gasteiger partial charge in [0.05, 0.1) is 31.7 Å². The van der Waals surface area contributed by atoms with E-state index in [-0.39, 0.29) is 18.5 Å². The van der Waals surface area contributed by atoms with Crippen molar-refractivity contribution in [3.8, 4) is 11.5 Å². The third-order valence-electron chi connectivity index (χ3n) is 4.67. The maximum Gasteiger partial charge on any atom is 0.241 e. The van der Waals surface area contributed by atoms with E-state index in [0.717, 1.165) is 27.4 Å². The van der Waals surface area contributed by atoms with Crippen molar-refractivity contribution >= 4 is 21.6 Å². The first-order chi connectivity index (χ1) is 14.2. The van der Waals surface area contributed by atoms with Gasteiger partial charge in [-0.25, -0.2) is 8.42 Å². The van der Waals surface area contributed by atoms with Crippen LogP contribution in [0.15, 0.2) is 42.5 Å². The molecule has 0 radical (unpaired) electrons. The number of hydrogen-bond acceptors (Lipinski definition) is 5. The minimum atomic E-state index is -3.67. The summed E-state index contributed by atoms with van der Waals surface area (Å²) in [6.07, 6.45) is 1.74. The third kappa shape index (κ3) is 6.13. The minimum Gasteiger partial charge on any atom is -0.496 e. The van der Waals surface area contributed by atoms with E-state index < -0.39 is 10.0 Å². The quantitative estimate of drug-likeness (QED) is 0.619. The van der Waals surface area contributed by atoms with E-state index in [1.165, 1.54) is 0 Å². The first kappa shape index (κ1) is 23.5. The van der Waals surface area contributed by atoms with Crippen LogP contribution in [0.2, 0.25) is 0 Å². The van der Waals surface area contributed by atoms with Crippen molar-refractivity contribution in [3.05, 3.63) is 53.6 Å². The van der Waals surface area contributed by atoms with E-state index in [4.69, 9.17) is 9.47 Å². The highest BCUT2D eigenvalue weighted by Gasteiger charge is 2.23. The van der Waals surface area contributed by atoms with Gasteiger partial charge in [-0.15, -0.1) is 0 Å². The van der Waals surface area contributed by atoms with Crippen molar-refractivity contribution in [3.63, 3.8) is 0 Å². The van der Waals surface area contributed by atoms with Crippen molar-refractivity contribution in [2.45, 2.75) is 33.2 Å². The molecule has 0 aromatic heterocycles. The summed E-state index contributed by atoms with van der Waals surface area (Å²) in [7, 11) is -2.05. The standard InChI is InChI=1S/C22H30N2O5S/c1-6-20(17-11-12-21(28-4)16(3)13-17)23-22(25)15-24(30(5,26)27)18-9-8-10-19(14-18)29-7-2/h8-14,20H,6-7,15H2,1-5H3,(H,23,25)/t20-/m0/s1. The number of carbonyl (C=O) groups is 1. The number of nitrogens with zero attached hydrogens (tertiary/aromatic N) is 1. The number of methoxy groups -OCH3 is 1. The number of sulfonamides is 1. The molecule has 30 heavy (non-hydrogen) atoms. The molecule has 0 bridgehead atoms. The van der Waals surface area contributed by atoms with Gasteiger partial charge in [0.1, 0.15) is 18.0 Å². The second kappa shape index (κ2) is 10.3. The molecule has 0 saturated carbocycles. The number of amides is 1. The number of rotatable bonds is 10. The molecular weight excluding hydrogens is 404 g/mol. The van der Waals surface area contributed by atoms with Gasteiger partial charge in [0.2, 0.25) is 15.9 Å². The van der Waals surface area contributed by atoms with Crippen LogP contribution in [0.25, 0.3) is 0 Å². The third-order valence-corrected chi connectivity index (χ3v) is 5.81. The minimum absolute atomic E-state index is 0.238. The molecule has 2 aromatic carbocycles. The van der Waals surface area contributed by atoms with Crippen LogP contribution in [0.5, 0.6) is 11.5 Å². The molecule has 0 saturated heterocycles. The van der Waals surface area contributed by atoms with Crippen LogP contribution in [0.4, 0.5) is 5.69 Å². The Labute approximate surface area is 179 Å². The molecule has 2 rings (SSSR count). The molecule has 164 valence electrons. The second-order valence-electron chi connectivity index (χ2n) is 6.96. The number of carbonyl (C=O) groups excluding carboxylic acids is 1. The number of aryl methyl sites for hydroxylation is 1. The average molecular weight is 435 g/mol. The van der Waals surface area contributed by atoms with Crippen LogP contribution in [0, 0.1) is 6.92 Å². The molecule has 7 nitrogen and oxygen atoms in total. The van der Waals surface area contributed by atoms with Crippen LogP contribution in [0.3, 0.4) is 0 Å². The average Bonchev–Trinajstić information content (AvgIpc) is 2.69. The fourth-order valence-corrected chi connectivity index (χ4v) is 4.05. The summed E-state index contributed by atoms with van der Waals surface area (Å²) < 4.78 is 36.6. The maximum atomic E-state index is 12.8. The SMILES string of the molecule is CCOc1cccc(N(CC(=O)N[C@@H](CC)c2ccc(OC)c(C)c2)S(C)(=O)=O)c1. The molecule has 0 heterocycles. The largest absolute Gasteiger partial charge is 0.496 e. The summed E-state index contributed by atoms with van der Waals surface area (Å²) in [4.78, 5) is 12.8. The van der Waals surface area contributed by atoms with Crippen molar-refractivity contribution in [1.29, 1.82) is 0 Å². The van der Waals surface area contributed by atoms with E-state index in [1.807, 2.05) is 39.0 Å². The Morgan fingerprint density at radius 1 is 1.17 bits per heavy atom. The highest BCUT2D eigenvalue weighted by molar-refractivity contribution is 7.92. The Bertz CT molecular complexity index is 975. The van der Waals surface area contributed by atoms with Crippen LogP contribution < -0.4 is 19.1 Å². The summed E-state index contributed by atoms with van der Waals surface area (Å²) in [5.74, 6) is 0.934. The van der Waals surface area contributed by atoms with E-state index in [2.05, 4.69) is 5.32 Å². The van der Waals surface area contributed by atoms with Crippen LogP contribution in [0.1, 0.15) is 37.4 Å². The second-order valence-corrected chi connectivity index (χ2v) is 8.86. The molecule has 0 aliphatic rings. The number of anilines is 1.